The Balaban J connectivity index is 0.00000131. The van der Waals surface area contributed by atoms with E-state index in [1.807, 2.05) is 12.3 Å². The number of hydrogen-bond acceptors (Lipinski definition) is 4. The molecule has 0 aromatic carbocycles. The maximum Gasteiger partial charge on any atom is 0.230 e. The molecule has 1 amide bonds. The van der Waals surface area contributed by atoms with Gasteiger partial charge in [0.05, 0.1) is 11.1 Å². The lowest BCUT2D eigenvalue weighted by molar-refractivity contribution is -0.145. The van der Waals surface area contributed by atoms with E-state index in [9.17, 15) is 4.79 Å². The van der Waals surface area contributed by atoms with Crippen LogP contribution in [0.1, 0.15) is 43.9 Å². The van der Waals surface area contributed by atoms with Crippen molar-refractivity contribution in [3.63, 3.8) is 0 Å². The summed E-state index contributed by atoms with van der Waals surface area (Å²) in [5.41, 5.74) is 2.27. The van der Waals surface area contributed by atoms with Gasteiger partial charge in [0, 0.05) is 51.0 Å². The molecule has 3 aliphatic heterocycles. The average molecular weight is 415 g/mol. The molecule has 0 aliphatic carbocycles. The Hall–Kier alpha value is -0.880. The zero-order valence-electron chi connectivity index (χ0n) is 16.3. The predicted molar refractivity (Wildman–Crippen MR) is 113 cm³/mol. The highest BCUT2D eigenvalue weighted by Gasteiger charge is 2.55. The third-order valence-electron chi connectivity index (χ3n) is 6.73. The highest BCUT2D eigenvalue weighted by Crippen LogP contribution is 2.47. The molecule has 4 rings (SSSR count). The van der Waals surface area contributed by atoms with Crippen LogP contribution in [-0.4, -0.2) is 59.0 Å². The average Bonchev–Trinajstić information content (AvgIpc) is 3.25. The Kier molecular flexibility index (Phi) is 7.54. The number of nitrogens with one attached hydrogen (secondary N) is 1. The second-order valence-corrected chi connectivity index (χ2v) is 8.04. The molecule has 152 valence electrons. The van der Waals surface area contributed by atoms with Gasteiger partial charge in [0.1, 0.15) is 0 Å². The molecule has 1 aromatic rings. The molecule has 0 radical (unpaired) electrons. The smallest absolute Gasteiger partial charge is 0.230 e. The Morgan fingerprint density at radius 3 is 2.56 bits per heavy atom. The summed E-state index contributed by atoms with van der Waals surface area (Å²) in [7, 11) is 0. The Labute approximate surface area is 175 Å². The zero-order valence-corrected chi connectivity index (χ0v) is 18.0. The topological polar surface area (TPSA) is 48.5 Å². The lowest BCUT2D eigenvalue weighted by Crippen LogP contribution is -2.55. The molecule has 1 aromatic heterocycles. The molecule has 1 N–H and O–H groups in total. The molecule has 3 fully saturated rings. The summed E-state index contributed by atoms with van der Waals surface area (Å²) < 4.78 is 0. The van der Waals surface area contributed by atoms with E-state index in [2.05, 4.69) is 40.0 Å². The van der Waals surface area contributed by atoms with E-state index in [0.717, 1.165) is 51.3 Å². The van der Waals surface area contributed by atoms with E-state index in [0.29, 0.717) is 18.0 Å². The standard InChI is InChI=1S/C20H30N4O.2ClH/c1-3-20(13-16-6-7-18(20)22-16)19(25)24-11-9-23(10-12-24)14-17-15(2)5-4-8-21-17;;/h4-5,8,16,18,22H,3,6-7,9-14H2,1-2H3;2*1H/t16-,18+,20+;;/m0../s1. The van der Waals surface area contributed by atoms with Gasteiger partial charge in [0.25, 0.3) is 0 Å². The monoisotopic (exact) mass is 414 g/mol. The Bertz CT molecular complexity index is 651. The Morgan fingerprint density at radius 1 is 1.26 bits per heavy atom. The third kappa shape index (κ3) is 4.12. The van der Waals surface area contributed by atoms with Crippen molar-refractivity contribution in [1.82, 2.24) is 20.1 Å². The molecule has 3 aliphatic rings. The molecule has 27 heavy (non-hydrogen) atoms. The molecule has 5 nitrogen and oxygen atoms in total. The first-order chi connectivity index (χ1) is 12.1. The number of amides is 1. The fraction of sp³-hybridized carbons (Fsp3) is 0.700. The van der Waals surface area contributed by atoms with Crippen LogP contribution in [0, 0.1) is 12.3 Å². The van der Waals surface area contributed by atoms with Crippen molar-refractivity contribution in [1.29, 1.82) is 0 Å². The number of carbonyl (C=O) groups excluding carboxylic acids is 1. The fourth-order valence-electron chi connectivity index (χ4n) is 5.10. The maximum atomic E-state index is 13.3. The molecule has 0 saturated carbocycles. The lowest BCUT2D eigenvalue weighted by Gasteiger charge is -2.42. The van der Waals surface area contributed by atoms with Crippen LogP contribution in [0.25, 0.3) is 0 Å². The van der Waals surface area contributed by atoms with Crippen LogP contribution in [0.5, 0.6) is 0 Å². The number of pyridine rings is 1. The minimum Gasteiger partial charge on any atom is -0.340 e. The fourth-order valence-corrected chi connectivity index (χ4v) is 5.10. The van der Waals surface area contributed by atoms with Gasteiger partial charge in [-0.1, -0.05) is 13.0 Å². The molecule has 4 heterocycles. The van der Waals surface area contributed by atoms with E-state index in [-0.39, 0.29) is 30.2 Å². The second-order valence-electron chi connectivity index (χ2n) is 8.04. The normalized spacial score (nSPS) is 29.9. The molecule has 0 unspecified atom stereocenters. The SMILES string of the molecule is CC[C@@]1(C(=O)N2CCN(Cc3ncccc3C)CC2)C[C@@H]2CC[C@H]1N2.Cl.Cl. The minimum atomic E-state index is -0.136. The number of halogens is 2. The van der Waals surface area contributed by atoms with Crippen molar-refractivity contribution < 1.29 is 4.79 Å². The van der Waals surface area contributed by atoms with Crippen molar-refractivity contribution in [2.75, 3.05) is 26.2 Å². The van der Waals surface area contributed by atoms with Gasteiger partial charge >= 0.3 is 0 Å². The molecule has 7 heteroatoms. The number of piperazine rings is 1. The van der Waals surface area contributed by atoms with Crippen LogP contribution in [-0.2, 0) is 11.3 Å². The molecule has 2 bridgehead atoms. The van der Waals surface area contributed by atoms with E-state index < -0.39 is 0 Å². The van der Waals surface area contributed by atoms with E-state index >= 15 is 0 Å². The number of aromatic nitrogens is 1. The predicted octanol–water partition coefficient (Wildman–Crippen LogP) is 2.80. The summed E-state index contributed by atoms with van der Waals surface area (Å²) in [5.74, 6) is 0.406. The van der Waals surface area contributed by atoms with Gasteiger partial charge in [-0.05, 0) is 44.2 Å². The highest BCUT2D eigenvalue weighted by atomic mass is 35.5. The lowest BCUT2D eigenvalue weighted by atomic mass is 9.70. The van der Waals surface area contributed by atoms with Gasteiger partial charge in [-0.2, -0.15) is 0 Å². The van der Waals surface area contributed by atoms with Crippen molar-refractivity contribution in [3.05, 3.63) is 29.6 Å². The summed E-state index contributed by atoms with van der Waals surface area (Å²) in [6, 6.07) is 5.09. The molecule has 3 atom stereocenters. The third-order valence-corrected chi connectivity index (χ3v) is 6.73. The first-order valence-electron chi connectivity index (χ1n) is 9.80. The van der Waals surface area contributed by atoms with Gasteiger partial charge in [-0.25, -0.2) is 0 Å². The summed E-state index contributed by atoms with van der Waals surface area (Å²) >= 11 is 0. The van der Waals surface area contributed by atoms with Crippen molar-refractivity contribution in [2.24, 2.45) is 5.41 Å². The van der Waals surface area contributed by atoms with Crippen molar-refractivity contribution in [3.8, 4) is 0 Å². The van der Waals surface area contributed by atoms with Crippen LogP contribution in [0.3, 0.4) is 0 Å². The largest absolute Gasteiger partial charge is 0.340 e. The van der Waals surface area contributed by atoms with E-state index in [1.165, 1.54) is 18.4 Å². The van der Waals surface area contributed by atoms with Crippen LogP contribution in [0.4, 0.5) is 0 Å². The van der Waals surface area contributed by atoms with Gasteiger partial charge in [0.15, 0.2) is 0 Å². The minimum absolute atomic E-state index is 0. The number of rotatable bonds is 4. The van der Waals surface area contributed by atoms with Gasteiger partial charge in [-0.15, -0.1) is 24.8 Å². The summed E-state index contributed by atoms with van der Waals surface area (Å²) in [6.45, 7) is 8.80. The zero-order chi connectivity index (χ0) is 17.4. The molecule has 3 saturated heterocycles. The number of aryl methyl sites for hydroxylation is 1. The maximum absolute atomic E-state index is 13.3. The van der Waals surface area contributed by atoms with Crippen molar-refractivity contribution in [2.45, 2.75) is 58.2 Å². The summed E-state index contributed by atoms with van der Waals surface area (Å²) in [4.78, 5) is 22.4. The van der Waals surface area contributed by atoms with Crippen LogP contribution in [0.15, 0.2) is 18.3 Å². The Morgan fingerprint density at radius 2 is 2.00 bits per heavy atom. The highest BCUT2D eigenvalue weighted by molar-refractivity contribution is 5.86. The van der Waals surface area contributed by atoms with Crippen LogP contribution in [0.2, 0.25) is 0 Å². The van der Waals surface area contributed by atoms with E-state index in [4.69, 9.17) is 0 Å². The van der Waals surface area contributed by atoms with Gasteiger partial charge in [0.2, 0.25) is 5.91 Å². The first kappa shape index (κ1) is 22.4. The summed E-state index contributed by atoms with van der Waals surface area (Å²) in [5, 5.41) is 3.67. The van der Waals surface area contributed by atoms with Crippen molar-refractivity contribution >= 4 is 30.7 Å². The van der Waals surface area contributed by atoms with Crippen LogP contribution >= 0.6 is 24.8 Å². The van der Waals surface area contributed by atoms with Gasteiger partial charge < -0.3 is 10.2 Å². The first-order valence-corrected chi connectivity index (χ1v) is 9.80. The second kappa shape index (κ2) is 9.08. The number of hydrogen-bond donors (Lipinski definition) is 1. The molecular weight excluding hydrogens is 383 g/mol. The van der Waals surface area contributed by atoms with Gasteiger partial charge in [-0.3, -0.25) is 14.7 Å². The summed E-state index contributed by atoms with van der Waals surface area (Å²) in [6.07, 6.45) is 6.29. The molecular formula is C20H32Cl2N4O. The number of fused-ring (bicyclic) bond motifs is 2. The quantitative estimate of drug-likeness (QED) is 0.822. The van der Waals surface area contributed by atoms with Crippen LogP contribution < -0.4 is 5.32 Å². The number of nitrogens with zero attached hydrogens (tertiary/aromatic N) is 3. The number of carbonyl (C=O) groups is 1. The van der Waals surface area contributed by atoms with E-state index in [1.54, 1.807) is 0 Å². The molecule has 0 spiro atoms.